The van der Waals surface area contributed by atoms with Crippen LogP contribution in [0.1, 0.15) is 40.2 Å². The summed E-state index contributed by atoms with van der Waals surface area (Å²) in [6, 6.07) is 18.4. The minimum absolute atomic E-state index is 0.00648. The van der Waals surface area contributed by atoms with Gasteiger partial charge in [-0.3, -0.25) is 29.5 Å². The Morgan fingerprint density at radius 2 is 1.80 bits per heavy atom. The van der Waals surface area contributed by atoms with E-state index in [4.69, 9.17) is 0 Å². The first-order valence-corrected chi connectivity index (χ1v) is 18.4. The van der Waals surface area contributed by atoms with E-state index in [1.54, 1.807) is 42.7 Å². The molecule has 1 aliphatic carbocycles. The fourth-order valence-electron chi connectivity index (χ4n) is 5.69. The number of amides is 3. The zero-order chi connectivity index (χ0) is 35.0. The van der Waals surface area contributed by atoms with E-state index in [-0.39, 0.29) is 41.8 Å². The summed E-state index contributed by atoms with van der Waals surface area (Å²) in [6.45, 7) is 2.49. The monoisotopic (exact) mass is 715 g/mol. The third kappa shape index (κ3) is 8.95. The molecular weight excluding hydrogens is 682 g/mol. The van der Waals surface area contributed by atoms with Gasteiger partial charge in [-0.2, -0.15) is 0 Å². The van der Waals surface area contributed by atoms with Crippen LogP contribution in [-0.2, 0) is 16.1 Å². The van der Waals surface area contributed by atoms with Crippen molar-refractivity contribution in [1.29, 1.82) is 0 Å². The molecule has 3 heterocycles. The van der Waals surface area contributed by atoms with Gasteiger partial charge in [-0.05, 0) is 77.2 Å². The molecule has 2 aromatic carbocycles. The summed E-state index contributed by atoms with van der Waals surface area (Å²) >= 11 is 0. The Bertz CT molecular complexity index is 1840. The third-order valence-corrected chi connectivity index (χ3v) is 10.9. The molecule has 0 radical (unpaired) electrons. The number of piperazine rings is 1. The van der Waals surface area contributed by atoms with Gasteiger partial charge >= 0.3 is 0 Å². The van der Waals surface area contributed by atoms with Crippen LogP contribution in [0.4, 0.5) is 21.5 Å². The average molecular weight is 716 g/mol. The summed E-state index contributed by atoms with van der Waals surface area (Å²) in [4.78, 5) is 60.6. The smallest absolute Gasteiger partial charge is 0.287 e. The van der Waals surface area contributed by atoms with Gasteiger partial charge in [0.15, 0.2) is 0 Å². The average Bonchev–Trinajstić information content (AvgIpc) is 3.95. The van der Waals surface area contributed by atoms with Crippen molar-refractivity contribution in [2.75, 3.05) is 42.1 Å². The number of anilines is 2. The van der Waals surface area contributed by atoms with E-state index >= 15 is 0 Å². The van der Waals surface area contributed by atoms with Crippen LogP contribution >= 0.6 is 21.6 Å². The molecule has 2 atom stereocenters. The van der Waals surface area contributed by atoms with Gasteiger partial charge in [0.05, 0.1) is 4.92 Å². The van der Waals surface area contributed by atoms with E-state index in [1.165, 1.54) is 39.9 Å². The SMILES string of the molecule is O=C(NCc1ccc(NC(=O)[C@H]2C[C@@H]2c2cccnc2)cc1F)c1ccc(N2CCN(C(=O)CCSSc3ccc([N+](=O)[O-])cn3)CC2)cc1. The topological polar surface area (TPSA) is 151 Å². The van der Waals surface area contributed by atoms with E-state index in [1.807, 2.05) is 29.2 Å². The number of pyridine rings is 2. The lowest BCUT2D eigenvalue weighted by molar-refractivity contribution is -0.385. The molecule has 0 unspecified atom stereocenters. The number of hydrogen-bond acceptors (Lipinski definition) is 10. The maximum atomic E-state index is 14.9. The summed E-state index contributed by atoms with van der Waals surface area (Å²) in [7, 11) is 2.86. The van der Waals surface area contributed by atoms with Gasteiger partial charge in [-0.1, -0.05) is 22.9 Å². The van der Waals surface area contributed by atoms with Crippen LogP contribution in [0.25, 0.3) is 0 Å². The highest BCUT2D eigenvalue weighted by Crippen LogP contribution is 2.47. The molecule has 4 aromatic rings. The van der Waals surface area contributed by atoms with Gasteiger partial charge in [0.25, 0.3) is 11.6 Å². The van der Waals surface area contributed by atoms with E-state index in [0.29, 0.717) is 60.2 Å². The number of carbonyl (C=O) groups is 3. The largest absolute Gasteiger partial charge is 0.368 e. The molecule has 2 fully saturated rings. The molecular formula is C35H34FN7O5S2. The van der Waals surface area contributed by atoms with Crippen LogP contribution in [0, 0.1) is 21.8 Å². The first kappa shape index (κ1) is 34.8. The Kier molecular flexibility index (Phi) is 11.2. The predicted molar refractivity (Wildman–Crippen MR) is 190 cm³/mol. The second-order valence-electron chi connectivity index (χ2n) is 11.9. The van der Waals surface area contributed by atoms with Crippen LogP contribution in [0.5, 0.6) is 0 Å². The minimum Gasteiger partial charge on any atom is -0.368 e. The molecule has 1 saturated heterocycles. The van der Waals surface area contributed by atoms with Crippen LogP contribution in [-0.4, -0.2) is 69.4 Å². The lowest BCUT2D eigenvalue weighted by atomic mass is 10.1. The van der Waals surface area contributed by atoms with Crippen molar-refractivity contribution >= 4 is 56.4 Å². The van der Waals surface area contributed by atoms with Crippen molar-refractivity contribution in [1.82, 2.24) is 20.2 Å². The quantitative estimate of drug-likeness (QED) is 0.0767. The number of nitrogens with one attached hydrogen (secondary N) is 2. The lowest BCUT2D eigenvalue weighted by Crippen LogP contribution is -2.48. The molecule has 2 N–H and O–H groups in total. The van der Waals surface area contributed by atoms with Gasteiger partial charge in [-0.15, -0.1) is 0 Å². The molecule has 1 saturated carbocycles. The highest BCUT2D eigenvalue weighted by Gasteiger charge is 2.44. The fourth-order valence-corrected chi connectivity index (χ4v) is 7.53. The Labute approximate surface area is 295 Å². The molecule has 6 rings (SSSR count). The number of aromatic nitrogens is 2. The second kappa shape index (κ2) is 16.1. The second-order valence-corrected chi connectivity index (χ2v) is 14.3. The number of nitrogens with zero attached hydrogens (tertiary/aromatic N) is 5. The van der Waals surface area contributed by atoms with Crippen molar-refractivity contribution in [3.8, 4) is 0 Å². The summed E-state index contributed by atoms with van der Waals surface area (Å²) in [5, 5.41) is 17.0. The Morgan fingerprint density at radius 3 is 2.48 bits per heavy atom. The zero-order valence-electron chi connectivity index (χ0n) is 26.9. The Morgan fingerprint density at radius 1 is 1.00 bits per heavy atom. The summed E-state index contributed by atoms with van der Waals surface area (Å²) in [5.41, 5.74) is 3.02. The van der Waals surface area contributed by atoms with Gasteiger partial charge in [0, 0.05) is 91.8 Å². The molecule has 12 nitrogen and oxygen atoms in total. The minimum atomic E-state index is -0.520. The maximum Gasteiger partial charge on any atom is 0.287 e. The van der Waals surface area contributed by atoms with Gasteiger partial charge in [0.2, 0.25) is 11.8 Å². The molecule has 15 heteroatoms. The molecule has 3 amide bonds. The molecule has 1 aliphatic heterocycles. The first-order valence-electron chi connectivity index (χ1n) is 16.1. The summed E-state index contributed by atoms with van der Waals surface area (Å²) < 4.78 is 14.9. The van der Waals surface area contributed by atoms with Crippen molar-refractivity contribution in [3.63, 3.8) is 0 Å². The fraction of sp³-hybridized carbons (Fsp3) is 0.286. The molecule has 50 heavy (non-hydrogen) atoms. The van der Waals surface area contributed by atoms with E-state index in [9.17, 15) is 28.9 Å². The van der Waals surface area contributed by atoms with Crippen LogP contribution in [0.3, 0.4) is 0 Å². The number of carbonyl (C=O) groups excluding carboxylic acids is 3. The molecule has 2 aliphatic rings. The highest BCUT2D eigenvalue weighted by molar-refractivity contribution is 8.76. The van der Waals surface area contributed by atoms with E-state index < -0.39 is 10.7 Å². The number of hydrogen-bond donors (Lipinski definition) is 2. The standard InChI is InChI=1S/C35H34FN7O5S2/c36-31-18-26(40-35(46)30-19-29(30)24-2-1-12-37-20-24)6-3-25(31)21-39-34(45)23-4-7-27(8-5-23)41-13-15-42(16-14-41)33(44)11-17-49-50-32-10-9-28(22-38-32)43(47)48/h1-10,12,18,20,22,29-30H,11,13-17,19,21H2,(H,39,45)(H,40,46)/t29-,30+/m1/s1. The van der Waals surface area contributed by atoms with Crippen LogP contribution in [0.15, 0.2) is 90.3 Å². The van der Waals surface area contributed by atoms with E-state index in [0.717, 1.165) is 17.7 Å². The third-order valence-electron chi connectivity index (χ3n) is 8.60. The Hall–Kier alpha value is -5.02. The predicted octanol–water partition coefficient (Wildman–Crippen LogP) is 5.68. The summed E-state index contributed by atoms with van der Waals surface area (Å²) in [5.74, 6) is -0.375. The molecule has 2 aromatic heterocycles. The lowest BCUT2D eigenvalue weighted by Gasteiger charge is -2.36. The number of halogens is 1. The normalized spacial score (nSPS) is 16.8. The van der Waals surface area contributed by atoms with E-state index in [2.05, 4.69) is 25.5 Å². The van der Waals surface area contributed by atoms with Gasteiger partial charge < -0.3 is 20.4 Å². The van der Waals surface area contributed by atoms with Crippen LogP contribution in [0.2, 0.25) is 0 Å². The first-order chi connectivity index (χ1) is 24.2. The number of benzene rings is 2. The van der Waals surface area contributed by atoms with Crippen molar-refractivity contribution < 1.29 is 23.7 Å². The van der Waals surface area contributed by atoms with Crippen molar-refractivity contribution in [3.05, 3.63) is 118 Å². The number of rotatable bonds is 13. The van der Waals surface area contributed by atoms with Gasteiger partial charge in [-0.25, -0.2) is 9.37 Å². The van der Waals surface area contributed by atoms with Crippen LogP contribution < -0.4 is 15.5 Å². The maximum absolute atomic E-state index is 14.9. The zero-order valence-corrected chi connectivity index (χ0v) is 28.5. The molecule has 0 bridgehead atoms. The highest BCUT2D eigenvalue weighted by atomic mass is 33.1. The Balaban J connectivity index is 0.897. The molecule has 0 spiro atoms. The number of nitro groups is 1. The molecule has 258 valence electrons. The van der Waals surface area contributed by atoms with Crippen molar-refractivity contribution in [2.45, 2.75) is 30.3 Å². The summed E-state index contributed by atoms with van der Waals surface area (Å²) in [6.07, 6.45) is 5.79. The van der Waals surface area contributed by atoms with Gasteiger partial charge in [0.1, 0.15) is 17.0 Å². The van der Waals surface area contributed by atoms with Crippen molar-refractivity contribution in [2.24, 2.45) is 5.92 Å².